The van der Waals surface area contributed by atoms with Crippen LogP contribution in [0.3, 0.4) is 0 Å². The molecule has 2 N–H and O–H groups in total. The Morgan fingerprint density at radius 1 is 1.24 bits per heavy atom. The molecule has 1 heterocycles. The Balaban J connectivity index is 2.08. The van der Waals surface area contributed by atoms with Gasteiger partial charge in [0.2, 0.25) is 5.91 Å². The van der Waals surface area contributed by atoms with Crippen molar-refractivity contribution in [3.63, 3.8) is 0 Å². The standard InChI is InChI=1S/C15H25NO5/c1-3-10-4-12(13(5-10)15(19)20)14(18)16-6-9(2)21-11(7-16)8-17/h9-13,17H,3-8H2,1-2H3,(H,19,20). The van der Waals surface area contributed by atoms with Crippen LogP contribution in [0, 0.1) is 17.8 Å². The van der Waals surface area contributed by atoms with Crippen molar-refractivity contribution < 1.29 is 24.5 Å². The molecule has 120 valence electrons. The van der Waals surface area contributed by atoms with Gasteiger partial charge in [0.15, 0.2) is 0 Å². The second-order valence-electron chi connectivity index (χ2n) is 6.29. The molecule has 0 spiro atoms. The average molecular weight is 299 g/mol. The molecule has 0 radical (unpaired) electrons. The van der Waals surface area contributed by atoms with Crippen LogP contribution in [0.4, 0.5) is 0 Å². The number of aliphatic hydroxyl groups is 1. The zero-order valence-electron chi connectivity index (χ0n) is 12.7. The number of nitrogens with zero attached hydrogens (tertiary/aromatic N) is 1. The van der Waals surface area contributed by atoms with Gasteiger partial charge >= 0.3 is 5.97 Å². The van der Waals surface area contributed by atoms with Crippen LogP contribution >= 0.6 is 0 Å². The third kappa shape index (κ3) is 3.55. The van der Waals surface area contributed by atoms with Gasteiger partial charge in [-0.2, -0.15) is 0 Å². The van der Waals surface area contributed by atoms with E-state index in [0.717, 1.165) is 6.42 Å². The van der Waals surface area contributed by atoms with Gasteiger partial charge in [-0.05, 0) is 25.7 Å². The minimum Gasteiger partial charge on any atom is -0.481 e. The molecule has 1 saturated heterocycles. The second-order valence-corrected chi connectivity index (χ2v) is 6.29. The summed E-state index contributed by atoms with van der Waals surface area (Å²) >= 11 is 0. The zero-order valence-corrected chi connectivity index (χ0v) is 12.7. The number of rotatable bonds is 4. The van der Waals surface area contributed by atoms with Gasteiger partial charge in [-0.3, -0.25) is 9.59 Å². The first-order valence-corrected chi connectivity index (χ1v) is 7.74. The number of hydrogen-bond donors (Lipinski definition) is 2. The Bertz CT molecular complexity index is 400. The summed E-state index contributed by atoms with van der Waals surface area (Å²) in [5.41, 5.74) is 0. The molecule has 0 aromatic rings. The molecule has 6 heteroatoms. The summed E-state index contributed by atoms with van der Waals surface area (Å²) in [4.78, 5) is 25.8. The van der Waals surface area contributed by atoms with Gasteiger partial charge in [-0.1, -0.05) is 13.3 Å². The maximum Gasteiger partial charge on any atom is 0.307 e. The third-order valence-corrected chi connectivity index (χ3v) is 4.71. The van der Waals surface area contributed by atoms with Gasteiger partial charge in [-0.15, -0.1) is 0 Å². The van der Waals surface area contributed by atoms with E-state index in [1.54, 1.807) is 4.90 Å². The number of aliphatic hydroxyl groups excluding tert-OH is 1. The molecule has 2 rings (SSSR count). The Kier molecular flexibility index (Phi) is 5.22. The van der Waals surface area contributed by atoms with E-state index in [-0.39, 0.29) is 24.7 Å². The summed E-state index contributed by atoms with van der Waals surface area (Å²) in [6, 6.07) is 0. The van der Waals surface area contributed by atoms with Gasteiger partial charge in [0, 0.05) is 13.1 Å². The third-order valence-electron chi connectivity index (χ3n) is 4.71. The van der Waals surface area contributed by atoms with Crippen molar-refractivity contribution in [1.82, 2.24) is 4.90 Å². The summed E-state index contributed by atoms with van der Waals surface area (Å²) in [6.45, 7) is 4.59. The Morgan fingerprint density at radius 2 is 1.90 bits per heavy atom. The first kappa shape index (κ1) is 16.2. The van der Waals surface area contributed by atoms with E-state index in [2.05, 4.69) is 0 Å². The van der Waals surface area contributed by atoms with Gasteiger partial charge < -0.3 is 19.8 Å². The Hall–Kier alpha value is -1.14. The van der Waals surface area contributed by atoms with E-state index in [0.29, 0.717) is 31.8 Å². The minimum absolute atomic E-state index is 0.0908. The fourth-order valence-corrected chi connectivity index (χ4v) is 3.58. The molecule has 1 aliphatic carbocycles. The number of amides is 1. The predicted molar refractivity (Wildman–Crippen MR) is 75.6 cm³/mol. The lowest BCUT2D eigenvalue weighted by molar-refractivity contribution is -0.157. The van der Waals surface area contributed by atoms with Crippen LogP contribution in [0.25, 0.3) is 0 Å². The van der Waals surface area contributed by atoms with Crippen molar-refractivity contribution in [2.24, 2.45) is 17.8 Å². The lowest BCUT2D eigenvalue weighted by atomic mass is 9.94. The predicted octanol–water partition coefficient (Wildman–Crippen LogP) is 0.732. The molecule has 5 unspecified atom stereocenters. The van der Waals surface area contributed by atoms with Crippen LogP contribution in [0.15, 0.2) is 0 Å². The van der Waals surface area contributed by atoms with Crippen LogP contribution in [-0.4, -0.2) is 58.9 Å². The van der Waals surface area contributed by atoms with Crippen molar-refractivity contribution in [2.75, 3.05) is 19.7 Å². The van der Waals surface area contributed by atoms with Crippen LogP contribution < -0.4 is 0 Å². The number of hydrogen-bond acceptors (Lipinski definition) is 4. The summed E-state index contributed by atoms with van der Waals surface area (Å²) < 4.78 is 5.53. The van der Waals surface area contributed by atoms with Gasteiger partial charge in [0.05, 0.1) is 30.7 Å². The summed E-state index contributed by atoms with van der Waals surface area (Å²) in [6.07, 6.45) is 1.65. The molecule has 0 aromatic carbocycles. The van der Waals surface area contributed by atoms with Crippen LogP contribution in [0.5, 0.6) is 0 Å². The molecule has 2 aliphatic rings. The highest BCUT2D eigenvalue weighted by Gasteiger charge is 2.44. The topological polar surface area (TPSA) is 87.1 Å². The summed E-state index contributed by atoms with van der Waals surface area (Å²) in [5, 5.41) is 18.6. The average Bonchev–Trinajstić information content (AvgIpc) is 2.90. The largest absolute Gasteiger partial charge is 0.481 e. The molecule has 6 nitrogen and oxygen atoms in total. The smallest absolute Gasteiger partial charge is 0.307 e. The number of aliphatic carboxylic acids is 1. The first-order chi connectivity index (χ1) is 9.96. The highest BCUT2D eigenvalue weighted by atomic mass is 16.5. The molecular formula is C15H25NO5. The van der Waals surface area contributed by atoms with E-state index >= 15 is 0 Å². The van der Waals surface area contributed by atoms with Gasteiger partial charge in [0.25, 0.3) is 0 Å². The monoisotopic (exact) mass is 299 g/mol. The molecule has 0 bridgehead atoms. The summed E-state index contributed by atoms with van der Waals surface area (Å²) in [7, 11) is 0. The van der Waals surface area contributed by atoms with E-state index in [9.17, 15) is 19.8 Å². The SMILES string of the molecule is CCC1CC(C(=O)O)C(C(=O)N2CC(C)OC(CO)C2)C1. The summed E-state index contributed by atoms with van der Waals surface area (Å²) in [5.74, 6) is -1.66. The fraction of sp³-hybridized carbons (Fsp3) is 0.867. The number of morpholine rings is 1. The molecule has 1 amide bonds. The van der Waals surface area contributed by atoms with Gasteiger partial charge in [-0.25, -0.2) is 0 Å². The molecule has 21 heavy (non-hydrogen) atoms. The lowest BCUT2D eigenvalue weighted by Crippen LogP contribution is -2.52. The maximum atomic E-state index is 12.7. The highest BCUT2D eigenvalue weighted by molar-refractivity contribution is 5.85. The normalized spacial score (nSPS) is 36.7. The van der Waals surface area contributed by atoms with Crippen molar-refractivity contribution in [2.45, 2.75) is 45.3 Å². The van der Waals surface area contributed by atoms with Crippen LogP contribution in [0.1, 0.15) is 33.1 Å². The number of carboxylic acid groups (broad SMARTS) is 1. The molecule has 2 fully saturated rings. The van der Waals surface area contributed by atoms with Crippen molar-refractivity contribution in [1.29, 1.82) is 0 Å². The molecule has 1 aliphatic heterocycles. The first-order valence-electron chi connectivity index (χ1n) is 7.74. The molecule has 0 aromatic heterocycles. The van der Waals surface area contributed by atoms with Crippen molar-refractivity contribution in [3.8, 4) is 0 Å². The number of carbonyl (C=O) groups is 2. The molecule has 1 saturated carbocycles. The van der Waals surface area contributed by atoms with Crippen molar-refractivity contribution >= 4 is 11.9 Å². The molecular weight excluding hydrogens is 274 g/mol. The lowest BCUT2D eigenvalue weighted by Gasteiger charge is -2.37. The Morgan fingerprint density at radius 3 is 2.48 bits per heavy atom. The van der Waals surface area contributed by atoms with Crippen LogP contribution in [0.2, 0.25) is 0 Å². The van der Waals surface area contributed by atoms with Crippen LogP contribution in [-0.2, 0) is 14.3 Å². The van der Waals surface area contributed by atoms with Gasteiger partial charge in [0.1, 0.15) is 0 Å². The maximum absolute atomic E-state index is 12.7. The van der Waals surface area contributed by atoms with E-state index in [1.165, 1.54) is 0 Å². The zero-order chi connectivity index (χ0) is 15.6. The van der Waals surface area contributed by atoms with E-state index < -0.39 is 17.8 Å². The molecule has 5 atom stereocenters. The fourth-order valence-electron chi connectivity index (χ4n) is 3.58. The second kappa shape index (κ2) is 6.75. The highest BCUT2D eigenvalue weighted by Crippen LogP contribution is 2.39. The number of carbonyl (C=O) groups excluding carboxylic acids is 1. The minimum atomic E-state index is -0.871. The number of ether oxygens (including phenoxy) is 1. The Labute approximate surface area is 125 Å². The van der Waals surface area contributed by atoms with E-state index in [1.807, 2.05) is 13.8 Å². The van der Waals surface area contributed by atoms with E-state index in [4.69, 9.17) is 4.74 Å². The quantitative estimate of drug-likeness (QED) is 0.799. The van der Waals surface area contributed by atoms with Crippen molar-refractivity contribution in [3.05, 3.63) is 0 Å². The number of carboxylic acids is 1.